The second-order valence-corrected chi connectivity index (χ2v) is 5.36. The maximum absolute atomic E-state index is 11.9. The Morgan fingerprint density at radius 2 is 1.96 bits per heavy atom. The topological polar surface area (TPSA) is 80.9 Å². The monoisotopic (exact) mass is 336 g/mol. The molecule has 0 saturated heterocycles. The van der Waals surface area contributed by atoms with Crippen LogP contribution >= 0.6 is 0 Å². The molecule has 0 aliphatic rings. The summed E-state index contributed by atoms with van der Waals surface area (Å²) in [7, 11) is 0. The molecular weight excluding hydrogens is 320 g/mol. The van der Waals surface area contributed by atoms with Crippen LogP contribution in [-0.4, -0.2) is 18.7 Å². The Morgan fingerprint density at radius 3 is 2.80 bits per heavy atom. The SMILES string of the molecule is Cc1ccccc1C=NNC(=O)COc1cc(=O)oc2ccccc12. The maximum Gasteiger partial charge on any atom is 0.339 e. The number of hydrazone groups is 1. The van der Waals surface area contributed by atoms with Gasteiger partial charge < -0.3 is 9.15 Å². The second-order valence-electron chi connectivity index (χ2n) is 5.36. The number of nitrogens with zero attached hydrogens (tertiary/aromatic N) is 1. The molecular formula is C19H16N2O4. The van der Waals surface area contributed by atoms with Crippen molar-refractivity contribution in [2.75, 3.05) is 6.61 Å². The van der Waals surface area contributed by atoms with Gasteiger partial charge in [-0.2, -0.15) is 5.10 Å². The van der Waals surface area contributed by atoms with E-state index in [1.54, 1.807) is 30.5 Å². The number of carbonyl (C=O) groups excluding carboxylic acids is 1. The van der Waals surface area contributed by atoms with E-state index in [1.807, 2.05) is 31.2 Å². The van der Waals surface area contributed by atoms with Gasteiger partial charge >= 0.3 is 5.63 Å². The van der Waals surface area contributed by atoms with E-state index in [0.717, 1.165) is 11.1 Å². The maximum atomic E-state index is 11.9. The molecule has 3 aromatic rings. The van der Waals surface area contributed by atoms with Gasteiger partial charge in [-0.1, -0.05) is 36.4 Å². The number of nitrogens with one attached hydrogen (secondary N) is 1. The van der Waals surface area contributed by atoms with E-state index in [2.05, 4.69) is 10.5 Å². The van der Waals surface area contributed by atoms with Crippen molar-refractivity contribution < 1.29 is 13.9 Å². The summed E-state index contributed by atoms with van der Waals surface area (Å²) >= 11 is 0. The first-order valence-corrected chi connectivity index (χ1v) is 7.67. The van der Waals surface area contributed by atoms with Gasteiger partial charge in [0.2, 0.25) is 0 Å². The van der Waals surface area contributed by atoms with Crippen LogP contribution < -0.4 is 15.8 Å². The Balaban J connectivity index is 1.63. The third-order valence-electron chi connectivity index (χ3n) is 3.55. The Labute approximate surface area is 143 Å². The lowest BCUT2D eigenvalue weighted by Gasteiger charge is -2.07. The van der Waals surface area contributed by atoms with Gasteiger partial charge in [-0.05, 0) is 30.2 Å². The molecule has 3 rings (SSSR count). The number of para-hydroxylation sites is 1. The molecule has 0 saturated carbocycles. The predicted octanol–water partition coefficient (Wildman–Crippen LogP) is 2.63. The minimum atomic E-state index is -0.535. The van der Waals surface area contributed by atoms with Crippen LogP contribution in [0.1, 0.15) is 11.1 Å². The first-order valence-electron chi connectivity index (χ1n) is 7.67. The molecule has 0 fully saturated rings. The van der Waals surface area contributed by atoms with Crippen molar-refractivity contribution in [2.24, 2.45) is 5.10 Å². The molecule has 0 spiro atoms. The summed E-state index contributed by atoms with van der Waals surface area (Å²) in [5.41, 5.74) is 4.23. The largest absolute Gasteiger partial charge is 0.483 e. The molecule has 1 heterocycles. The van der Waals surface area contributed by atoms with Crippen LogP contribution in [0.4, 0.5) is 0 Å². The van der Waals surface area contributed by atoms with E-state index in [0.29, 0.717) is 16.7 Å². The van der Waals surface area contributed by atoms with E-state index in [1.165, 1.54) is 6.07 Å². The first kappa shape index (κ1) is 16.4. The van der Waals surface area contributed by atoms with E-state index < -0.39 is 11.5 Å². The number of amides is 1. The molecule has 6 nitrogen and oxygen atoms in total. The van der Waals surface area contributed by atoms with Crippen molar-refractivity contribution in [1.82, 2.24) is 5.43 Å². The fraction of sp³-hybridized carbons (Fsp3) is 0.105. The quantitative estimate of drug-likeness (QED) is 0.441. The fourth-order valence-corrected chi connectivity index (χ4v) is 2.28. The van der Waals surface area contributed by atoms with Crippen LogP contribution in [0, 0.1) is 6.92 Å². The van der Waals surface area contributed by atoms with Crippen molar-refractivity contribution in [1.29, 1.82) is 0 Å². The summed E-state index contributed by atoms with van der Waals surface area (Å²) in [6.07, 6.45) is 1.57. The fourth-order valence-electron chi connectivity index (χ4n) is 2.28. The van der Waals surface area contributed by atoms with Crippen LogP contribution in [0.2, 0.25) is 0 Å². The minimum absolute atomic E-state index is 0.265. The Kier molecular flexibility index (Phi) is 4.89. The molecule has 0 bridgehead atoms. The lowest BCUT2D eigenvalue weighted by atomic mass is 10.1. The number of ether oxygens (including phenoxy) is 1. The summed E-state index contributed by atoms with van der Waals surface area (Å²) < 4.78 is 10.5. The summed E-state index contributed by atoms with van der Waals surface area (Å²) in [6, 6.07) is 15.9. The number of carbonyl (C=O) groups is 1. The molecule has 0 aliphatic carbocycles. The van der Waals surface area contributed by atoms with Gasteiger partial charge in [-0.15, -0.1) is 0 Å². The van der Waals surface area contributed by atoms with Crippen molar-refractivity contribution in [3.8, 4) is 5.75 Å². The Bertz CT molecular complexity index is 992. The zero-order chi connectivity index (χ0) is 17.6. The summed E-state index contributed by atoms with van der Waals surface area (Å²) in [6.45, 7) is 1.69. The normalized spacial score (nSPS) is 10.9. The Morgan fingerprint density at radius 1 is 1.20 bits per heavy atom. The molecule has 0 unspecified atom stereocenters. The smallest absolute Gasteiger partial charge is 0.339 e. The number of hydrogen-bond acceptors (Lipinski definition) is 5. The minimum Gasteiger partial charge on any atom is -0.483 e. The number of rotatable bonds is 5. The molecule has 1 amide bonds. The lowest BCUT2D eigenvalue weighted by molar-refractivity contribution is -0.123. The van der Waals surface area contributed by atoms with Gasteiger partial charge in [0.1, 0.15) is 11.3 Å². The van der Waals surface area contributed by atoms with Crippen LogP contribution in [0.15, 0.2) is 68.9 Å². The first-order chi connectivity index (χ1) is 12.1. The Hall–Kier alpha value is -3.41. The van der Waals surface area contributed by atoms with E-state index in [9.17, 15) is 9.59 Å². The van der Waals surface area contributed by atoms with Crippen LogP contribution in [0.3, 0.4) is 0 Å². The van der Waals surface area contributed by atoms with Crippen molar-refractivity contribution >= 4 is 23.1 Å². The highest BCUT2D eigenvalue weighted by atomic mass is 16.5. The molecule has 1 aromatic heterocycles. The number of benzene rings is 2. The average Bonchev–Trinajstić information content (AvgIpc) is 2.61. The average molecular weight is 336 g/mol. The zero-order valence-corrected chi connectivity index (χ0v) is 13.6. The summed E-state index contributed by atoms with van der Waals surface area (Å²) in [5.74, 6) is -0.132. The van der Waals surface area contributed by atoms with Crippen LogP contribution in [-0.2, 0) is 4.79 Å². The number of aryl methyl sites for hydroxylation is 1. The molecule has 6 heteroatoms. The highest BCUT2D eigenvalue weighted by molar-refractivity contribution is 5.85. The van der Waals surface area contributed by atoms with E-state index in [-0.39, 0.29) is 6.61 Å². The van der Waals surface area contributed by atoms with Gasteiger partial charge in [0, 0.05) is 0 Å². The van der Waals surface area contributed by atoms with Gasteiger partial charge in [0.25, 0.3) is 5.91 Å². The second kappa shape index (κ2) is 7.44. The van der Waals surface area contributed by atoms with Crippen LogP contribution in [0.25, 0.3) is 11.0 Å². The lowest BCUT2D eigenvalue weighted by Crippen LogP contribution is -2.25. The van der Waals surface area contributed by atoms with Crippen molar-refractivity contribution in [3.63, 3.8) is 0 Å². The number of fused-ring (bicyclic) bond motifs is 1. The third kappa shape index (κ3) is 4.11. The molecule has 0 radical (unpaired) electrons. The third-order valence-corrected chi connectivity index (χ3v) is 3.55. The van der Waals surface area contributed by atoms with E-state index in [4.69, 9.17) is 9.15 Å². The molecule has 126 valence electrons. The molecule has 0 aliphatic heterocycles. The highest BCUT2D eigenvalue weighted by Gasteiger charge is 2.08. The van der Waals surface area contributed by atoms with Crippen molar-refractivity contribution in [2.45, 2.75) is 6.92 Å². The standard InChI is InChI=1S/C19H16N2O4/c1-13-6-2-3-7-14(13)11-20-21-18(22)12-24-17-10-19(23)25-16-9-5-4-8-15(16)17/h2-11H,12H2,1H3,(H,21,22). The van der Waals surface area contributed by atoms with Gasteiger partial charge in [-0.25, -0.2) is 10.2 Å². The molecule has 25 heavy (non-hydrogen) atoms. The molecule has 0 atom stereocenters. The summed E-state index contributed by atoms with van der Waals surface area (Å²) in [5, 5.41) is 4.53. The van der Waals surface area contributed by atoms with Gasteiger partial charge in [0.05, 0.1) is 17.7 Å². The highest BCUT2D eigenvalue weighted by Crippen LogP contribution is 2.22. The molecule has 1 N–H and O–H groups in total. The van der Waals surface area contributed by atoms with Gasteiger partial charge in [0.15, 0.2) is 6.61 Å². The predicted molar refractivity (Wildman–Crippen MR) is 94.9 cm³/mol. The number of hydrogen-bond donors (Lipinski definition) is 1. The van der Waals surface area contributed by atoms with Crippen molar-refractivity contribution in [3.05, 3.63) is 76.1 Å². The zero-order valence-electron chi connectivity index (χ0n) is 13.6. The van der Waals surface area contributed by atoms with Crippen LogP contribution in [0.5, 0.6) is 5.75 Å². The summed E-state index contributed by atoms with van der Waals surface area (Å²) in [4.78, 5) is 23.4. The molecule has 2 aromatic carbocycles. The van der Waals surface area contributed by atoms with Gasteiger partial charge in [-0.3, -0.25) is 4.79 Å². The van der Waals surface area contributed by atoms with E-state index >= 15 is 0 Å².